The topological polar surface area (TPSA) is 63.7 Å². The first-order chi connectivity index (χ1) is 13.7. The van der Waals surface area contributed by atoms with Crippen LogP contribution in [0.25, 0.3) is 0 Å². The number of nitrogens with zero attached hydrogens (tertiary/aromatic N) is 1. The van der Waals surface area contributed by atoms with Gasteiger partial charge >= 0.3 is 0 Å². The summed E-state index contributed by atoms with van der Waals surface area (Å²) in [5.74, 6) is 0.823. The summed E-state index contributed by atoms with van der Waals surface area (Å²) in [6, 6.07) is 14.9. The number of benzene rings is 2. The number of carbonyl (C=O) groups excluding carboxylic acids is 1. The van der Waals surface area contributed by atoms with E-state index in [9.17, 15) is 13.2 Å². The standard InChI is InChI=1S/C23H29NO4S/c1-17(2)28-22-10-9-20(29(3,26)27)16-21(22)23(25)24-13-11-19(12-14-24)15-18-7-5-4-6-8-18/h4-10,16-17,19H,11-15H2,1-3H3. The Morgan fingerprint density at radius 2 is 1.76 bits per heavy atom. The largest absolute Gasteiger partial charge is 0.490 e. The van der Waals surface area contributed by atoms with Crippen LogP contribution in [0.1, 0.15) is 42.6 Å². The van der Waals surface area contributed by atoms with Crippen LogP contribution in [-0.2, 0) is 16.3 Å². The predicted octanol–water partition coefficient (Wildman–Crippen LogP) is 3.97. The molecule has 1 saturated heterocycles. The van der Waals surface area contributed by atoms with E-state index in [1.54, 1.807) is 6.07 Å². The third-order valence-electron chi connectivity index (χ3n) is 5.24. The third-order valence-corrected chi connectivity index (χ3v) is 6.35. The SMILES string of the molecule is CC(C)Oc1ccc(S(C)(=O)=O)cc1C(=O)N1CCC(Cc2ccccc2)CC1. The van der Waals surface area contributed by atoms with Crippen molar-refractivity contribution in [2.75, 3.05) is 19.3 Å². The van der Waals surface area contributed by atoms with Crippen LogP contribution in [0, 0.1) is 5.92 Å². The quantitative estimate of drug-likeness (QED) is 0.716. The van der Waals surface area contributed by atoms with Gasteiger partial charge in [0, 0.05) is 19.3 Å². The first-order valence-electron chi connectivity index (χ1n) is 10.1. The highest BCUT2D eigenvalue weighted by atomic mass is 32.2. The molecule has 0 radical (unpaired) electrons. The number of likely N-dealkylation sites (tertiary alicyclic amines) is 1. The number of hydrogen-bond acceptors (Lipinski definition) is 4. The fourth-order valence-electron chi connectivity index (χ4n) is 3.72. The molecule has 0 N–H and O–H groups in total. The number of sulfone groups is 1. The summed E-state index contributed by atoms with van der Waals surface area (Å²) in [7, 11) is -3.40. The molecule has 1 heterocycles. The van der Waals surface area contributed by atoms with Gasteiger partial charge in [0.2, 0.25) is 0 Å². The maximum Gasteiger partial charge on any atom is 0.257 e. The summed E-state index contributed by atoms with van der Waals surface area (Å²) in [5, 5.41) is 0. The summed E-state index contributed by atoms with van der Waals surface area (Å²) in [5.41, 5.74) is 1.65. The first-order valence-corrected chi connectivity index (χ1v) is 12.0. The molecule has 156 valence electrons. The third kappa shape index (κ3) is 5.60. The minimum atomic E-state index is -3.40. The molecule has 0 spiro atoms. The van der Waals surface area contributed by atoms with E-state index < -0.39 is 9.84 Å². The molecule has 1 aliphatic heterocycles. The van der Waals surface area contributed by atoms with Crippen LogP contribution in [0.3, 0.4) is 0 Å². The zero-order chi connectivity index (χ0) is 21.0. The number of amides is 1. The average molecular weight is 416 g/mol. The molecule has 1 fully saturated rings. The van der Waals surface area contributed by atoms with Crippen molar-refractivity contribution in [3.8, 4) is 5.75 Å². The van der Waals surface area contributed by atoms with Gasteiger partial charge in [-0.25, -0.2) is 8.42 Å². The van der Waals surface area contributed by atoms with E-state index >= 15 is 0 Å². The highest BCUT2D eigenvalue weighted by molar-refractivity contribution is 7.90. The summed E-state index contributed by atoms with van der Waals surface area (Å²) >= 11 is 0. The van der Waals surface area contributed by atoms with Crippen LogP contribution >= 0.6 is 0 Å². The van der Waals surface area contributed by atoms with E-state index in [-0.39, 0.29) is 16.9 Å². The molecule has 0 bridgehead atoms. The van der Waals surface area contributed by atoms with Gasteiger partial charge < -0.3 is 9.64 Å². The van der Waals surface area contributed by atoms with Crippen molar-refractivity contribution in [3.05, 3.63) is 59.7 Å². The summed E-state index contributed by atoms with van der Waals surface area (Å²) in [6.45, 7) is 5.10. The Morgan fingerprint density at radius 3 is 2.34 bits per heavy atom. The predicted molar refractivity (Wildman–Crippen MR) is 114 cm³/mol. The van der Waals surface area contributed by atoms with E-state index in [0.29, 0.717) is 30.3 Å². The number of ether oxygens (including phenoxy) is 1. The van der Waals surface area contributed by atoms with Gasteiger partial charge in [-0.05, 0) is 62.8 Å². The fourth-order valence-corrected chi connectivity index (χ4v) is 4.37. The van der Waals surface area contributed by atoms with Gasteiger partial charge in [-0.1, -0.05) is 30.3 Å². The van der Waals surface area contributed by atoms with Gasteiger partial charge in [0.15, 0.2) is 9.84 Å². The van der Waals surface area contributed by atoms with Crippen LogP contribution < -0.4 is 4.74 Å². The van der Waals surface area contributed by atoms with Crippen LogP contribution in [-0.4, -0.2) is 44.7 Å². The second kappa shape index (κ2) is 8.99. The number of rotatable bonds is 6. The van der Waals surface area contributed by atoms with Crippen LogP contribution in [0.15, 0.2) is 53.4 Å². The van der Waals surface area contributed by atoms with E-state index in [0.717, 1.165) is 25.5 Å². The Hall–Kier alpha value is -2.34. The molecule has 0 unspecified atom stereocenters. The maximum absolute atomic E-state index is 13.2. The molecular formula is C23H29NO4S. The zero-order valence-electron chi connectivity index (χ0n) is 17.3. The number of piperidine rings is 1. The molecule has 1 amide bonds. The Kier molecular flexibility index (Phi) is 6.63. The highest BCUT2D eigenvalue weighted by Crippen LogP contribution is 2.28. The Balaban J connectivity index is 1.74. The van der Waals surface area contributed by atoms with Gasteiger partial charge in [-0.15, -0.1) is 0 Å². The second-order valence-corrected chi connectivity index (χ2v) is 10.0. The molecular weight excluding hydrogens is 386 g/mol. The minimum Gasteiger partial charge on any atom is -0.490 e. The fraction of sp³-hybridized carbons (Fsp3) is 0.435. The lowest BCUT2D eigenvalue weighted by atomic mass is 9.90. The van der Waals surface area contributed by atoms with Gasteiger partial charge in [0.1, 0.15) is 5.75 Å². The molecule has 0 aliphatic carbocycles. The maximum atomic E-state index is 13.2. The van der Waals surface area contributed by atoms with Gasteiger partial charge in [0.05, 0.1) is 16.6 Å². The molecule has 0 saturated carbocycles. The lowest BCUT2D eigenvalue weighted by molar-refractivity contribution is 0.0684. The number of carbonyl (C=O) groups is 1. The molecule has 2 aromatic rings. The zero-order valence-corrected chi connectivity index (χ0v) is 18.1. The van der Waals surface area contributed by atoms with Crippen LogP contribution in [0.5, 0.6) is 5.75 Å². The van der Waals surface area contributed by atoms with E-state index in [4.69, 9.17) is 4.74 Å². The molecule has 2 aromatic carbocycles. The summed E-state index contributed by atoms with van der Waals surface area (Å²) in [4.78, 5) is 15.1. The van der Waals surface area contributed by atoms with Gasteiger partial charge in [-0.2, -0.15) is 0 Å². The van der Waals surface area contributed by atoms with Crippen molar-refractivity contribution < 1.29 is 17.9 Å². The molecule has 6 heteroatoms. The monoisotopic (exact) mass is 415 g/mol. The molecule has 5 nitrogen and oxygen atoms in total. The van der Waals surface area contributed by atoms with E-state index in [1.807, 2.05) is 24.8 Å². The van der Waals surface area contributed by atoms with Crippen molar-refractivity contribution in [3.63, 3.8) is 0 Å². The lowest BCUT2D eigenvalue weighted by Crippen LogP contribution is -2.39. The Morgan fingerprint density at radius 1 is 1.10 bits per heavy atom. The van der Waals surface area contributed by atoms with Crippen molar-refractivity contribution in [1.82, 2.24) is 4.90 Å². The Bertz CT molecular complexity index is 946. The molecule has 0 aromatic heterocycles. The van der Waals surface area contributed by atoms with Crippen LogP contribution in [0.2, 0.25) is 0 Å². The first kappa shape index (κ1) is 21.4. The number of hydrogen-bond donors (Lipinski definition) is 0. The normalized spacial score (nSPS) is 15.5. The van der Waals surface area contributed by atoms with Crippen molar-refractivity contribution in [2.45, 2.75) is 44.1 Å². The summed E-state index contributed by atoms with van der Waals surface area (Å²) < 4.78 is 29.7. The van der Waals surface area contributed by atoms with Crippen LogP contribution in [0.4, 0.5) is 0 Å². The average Bonchev–Trinajstić information content (AvgIpc) is 2.68. The summed E-state index contributed by atoms with van der Waals surface area (Å²) in [6.07, 6.45) is 3.93. The van der Waals surface area contributed by atoms with Crippen molar-refractivity contribution >= 4 is 15.7 Å². The smallest absolute Gasteiger partial charge is 0.257 e. The molecule has 1 aliphatic rings. The lowest BCUT2D eigenvalue weighted by Gasteiger charge is -2.32. The molecule has 29 heavy (non-hydrogen) atoms. The van der Waals surface area contributed by atoms with Gasteiger partial charge in [0.25, 0.3) is 5.91 Å². The van der Waals surface area contributed by atoms with Crippen molar-refractivity contribution in [1.29, 1.82) is 0 Å². The van der Waals surface area contributed by atoms with Crippen molar-refractivity contribution in [2.24, 2.45) is 5.92 Å². The Labute approximate surface area is 173 Å². The van der Waals surface area contributed by atoms with E-state index in [1.165, 1.54) is 17.7 Å². The van der Waals surface area contributed by atoms with E-state index in [2.05, 4.69) is 24.3 Å². The molecule has 0 atom stereocenters. The van der Waals surface area contributed by atoms with Gasteiger partial charge in [-0.3, -0.25) is 4.79 Å². The molecule has 3 rings (SSSR count). The highest BCUT2D eigenvalue weighted by Gasteiger charge is 2.27. The minimum absolute atomic E-state index is 0.109. The second-order valence-electron chi connectivity index (χ2n) is 8.02.